The van der Waals surface area contributed by atoms with Crippen LogP contribution in [0.25, 0.3) is 0 Å². The Kier molecular flexibility index (Phi) is 3.36. The lowest BCUT2D eigenvalue weighted by Crippen LogP contribution is -1.97. The van der Waals surface area contributed by atoms with Gasteiger partial charge in [-0.25, -0.2) is 0 Å². The molecular weight excluding hydrogens is 172 g/mol. The number of para-hydroxylation sites is 1. The number of ether oxygens (including phenoxy) is 1. The molecule has 1 heteroatoms. The van der Waals surface area contributed by atoms with Crippen molar-refractivity contribution in [1.82, 2.24) is 0 Å². The number of methoxy groups -OCH3 is 1. The number of hydrogen-bond donors (Lipinski definition) is 0. The first-order valence-electron chi connectivity index (χ1n) is 4.50. The summed E-state index contributed by atoms with van der Waals surface area (Å²) in [5.74, 6) is 3.63. The maximum Gasteiger partial charge on any atom is 0.138 e. The van der Waals surface area contributed by atoms with Crippen molar-refractivity contribution < 1.29 is 4.74 Å². The minimum absolute atomic E-state index is 0.248. The van der Waals surface area contributed by atoms with Crippen LogP contribution in [-0.4, -0.2) is 7.11 Å². The van der Waals surface area contributed by atoms with Crippen molar-refractivity contribution in [2.24, 2.45) is 0 Å². The van der Waals surface area contributed by atoms with Crippen LogP contribution >= 0.6 is 0 Å². The van der Waals surface area contributed by atoms with Crippen LogP contribution in [0.4, 0.5) is 0 Å². The van der Waals surface area contributed by atoms with E-state index in [0.717, 1.165) is 16.9 Å². The highest BCUT2D eigenvalue weighted by atomic mass is 16.5. The molecule has 0 bridgehead atoms. The molecule has 1 aromatic carbocycles. The molecule has 14 heavy (non-hydrogen) atoms. The molecule has 0 aromatic heterocycles. The largest absolute Gasteiger partial charge is 0.495 e. The molecule has 0 saturated heterocycles. The van der Waals surface area contributed by atoms with Crippen molar-refractivity contribution in [1.29, 1.82) is 0 Å². The number of hydrogen-bond acceptors (Lipinski definition) is 1. The summed E-state index contributed by atoms with van der Waals surface area (Å²) in [6, 6.07) is 5.82. The lowest BCUT2D eigenvalue weighted by atomic mass is 9.98. The van der Waals surface area contributed by atoms with E-state index in [9.17, 15) is 0 Å². The Morgan fingerprint density at radius 1 is 1.57 bits per heavy atom. The van der Waals surface area contributed by atoms with Crippen LogP contribution in [0.5, 0.6) is 5.75 Å². The van der Waals surface area contributed by atoms with Crippen LogP contribution in [0.15, 0.2) is 30.9 Å². The van der Waals surface area contributed by atoms with Crippen molar-refractivity contribution in [3.05, 3.63) is 42.0 Å². The Balaban J connectivity index is 3.30. The Hall–Kier alpha value is -1.68. The summed E-state index contributed by atoms with van der Waals surface area (Å²) in [6.07, 6.45) is 7.25. The molecule has 0 saturated carbocycles. The molecule has 1 nitrogen and oxygen atoms in total. The highest BCUT2D eigenvalue weighted by Gasteiger charge is 2.10. The third kappa shape index (κ3) is 1.80. The van der Waals surface area contributed by atoms with Gasteiger partial charge in [-0.2, -0.15) is 0 Å². The van der Waals surface area contributed by atoms with E-state index in [2.05, 4.69) is 19.4 Å². The van der Waals surface area contributed by atoms with Crippen molar-refractivity contribution in [2.75, 3.05) is 7.11 Å². The van der Waals surface area contributed by atoms with Crippen LogP contribution in [-0.2, 0) is 0 Å². The van der Waals surface area contributed by atoms with Gasteiger partial charge in [-0.3, -0.25) is 0 Å². The topological polar surface area (TPSA) is 9.23 Å². The molecule has 0 aliphatic heterocycles. The molecular formula is C13H14O. The molecule has 0 N–H and O–H groups in total. The van der Waals surface area contributed by atoms with Gasteiger partial charge in [-0.1, -0.05) is 31.1 Å². The van der Waals surface area contributed by atoms with E-state index in [1.807, 2.05) is 24.3 Å². The number of terminal acetylenes is 1. The van der Waals surface area contributed by atoms with Gasteiger partial charge in [0.1, 0.15) is 5.75 Å². The number of benzene rings is 1. The van der Waals surface area contributed by atoms with E-state index < -0.39 is 0 Å². The van der Waals surface area contributed by atoms with Crippen molar-refractivity contribution >= 4 is 0 Å². The van der Waals surface area contributed by atoms with E-state index in [-0.39, 0.29) is 5.92 Å². The molecule has 1 unspecified atom stereocenters. The third-order valence-electron chi connectivity index (χ3n) is 2.25. The van der Waals surface area contributed by atoms with Crippen molar-refractivity contribution in [2.45, 2.75) is 12.8 Å². The Morgan fingerprint density at radius 2 is 2.29 bits per heavy atom. The van der Waals surface area contributed by atoms with Crippen LogP contribution in [0.3, 0.4) is 0 Å². The normalized spacial score (nSPS) is 11.5. The van der Waals surface area contributed by atoms with Crippen LogP contribution < -0.4 is 4.74 Å². The summed E-state index contributed by atoms with van der Waals surface area (Å²) in [5.41, 5.74) is 1.87. The summed E-state index contributed by atoms with van der Waals surface area (Å²) < 4.78 is 5.30. The van der Waals surface area contributed by atoms with E-state index in [0.29, 0.717) is 0 Å². The summed E-state index contributed by atoms with van der Waals surface area (Å²) in [4.78, 5) is 0. The predicted molar refractivity (Wildman–Crippen MR) is 59.5 cm³/mol. The Labute approximate surface area is 85.4 Å². The van der Waals surface area contributed by atoms with Gasteiger partial charge in [0.2, 0.25) is 0 Å². The molecule has 0 amide bonds. The fraction of sp³-hybridized carbons (Fsp3) is 0.231. The molecule has 1 rings (SSSR count). The van der Waals surface area contributed by atoms with E-state index in [1.54, 1.807) is 7.11 Å². The molecule has 0 radical (unpaired) electrons. The van der Waals surface area contributed by atoms with Crippen LogP contribution in [0.2, 0.25) is 0 Å². The van der Waals surface area contributed by atoms with Gasteiger partial charge in [-0.15, -0.1) is 13.0 Å². The number of rotatable bonds is 3. The van der Waals surface area contributed by atoms with E-state index >= 15 is 0 Å². The smallest absolute Gasteiger partial charge is 0.138 e. The minimum Gasteiger partial charge on any atom is -0.495 e. The highest BCUT2D eigenvalue weighted by molar-refractivity contribution is 5.51. The van der Waals surface area contributed by atoms with Gasteiger partial charge in [0.05, 0.1) is 12.7 Å². The fourth-order valence-electron chi connectivity index (χ4n) is 1.38. The standard InChI is InChI=1S/C13H14O/c1-5-10(3)12-9-7-8-11(6-2)13(12)14-4/h2,5,7-10H,1H2,3-4H3. The highest BCUT2D eigenvalue weighted by Crippen LogP contribution is 2.29. The van der Waals surface area contributed by atoms with Crippen LogP contribution in [0, 0.1) is 12.3 Å². The lowest BCUT2D eigenvalue weighted by Gasteiger charge is -2.13. The summed E-state index contributed by atoms with van der Waals surface area (Å²) in [5, 5.41) is 0. The fourth-order valence-corrected chi connectivity index (χ4v) is 1.38. The molecule has 0 heterocycles. The van der Waals surface area contributed by atoms with E-state index in [4.69, 9.17) is 11.2 Å². The van der Waals surface area contributed by atoms with Crippen molar-refractivity contribution in [3.63, 3.8) is 0 Å². The van der Waals surface area contributed by atoms with Gasteiger partial charge in [-0.05, 0) is 6.07 Å². The summed E-state index contributed by atoms with van der Waals surface area (Å²) in [7, 11) is 1.63. The quantitative estimate of drug-likeness (QED) is 0.521. The molecule has 1 aromatic rings. The maximum absolute atomic E-state index is 5.38. The van der Waals surface area contributed by atoms with Gasteiger partial charge in [0.15, 0.2) is 0 Å². The zero-order valence-corrected chi connectivity index (χ0v) is 8.58. The SMILES string of the molecule is C#Cc1cccc(C(C)C=C)c1OC. The first-order chi connectivity index (χ1) is 6.74. The average molecular weight is 186 g/mol. The molecule has 72 valence electrons. The van der Waals surface area contributed by atoms with Gasteiger partial charge in [0, 0.05) is 11.5 Å². The predicted octanol–water partition coefficient (Wildman–Crippen LogP) is 2.97. The number of allylic oxidation sites excluding steroid dienone is 1. The second kappa shape index (κ2) is 4.53. The molecule has 0 aliphatic carbocycles. The zero-order valence-electron chi connectivity index (χ0n) is 8.58. The molecule has 0 aliphatic rings. The van der Waals surface area contributed by atoms with Gasteiger partial charge < -0.3 is 4.74 Å². The summed E-state index contributed by atoms with van der Waals surface area (Å²) >= 11 is 0. The zero-order chi connectivity index (χ0) is 10.6. The van der Waals surface area contributed by atoms with Gasteiger partial charge >= 0.3 is 0 Å². The summed E-state index contributed by atoms with van der Waals surface area (Å²) in [6.45, 7) is 5.82. The first kappa shape index (κ1) is 10.4. The lowest BCUT2D eigenvalue weighted by molar-refractivity contribution is 0.407. The molecule has 0 fully saturated rings. The Bertz CT molecular complexity index is 371. The van der Waals surface area contributed by atoms with Crippen molar-refractivity contribution in [3.8, 4) is 18.1 Å². The first-order valence-corrected chi connectivity index (χ1v) is 4.50. The van der Waals surface area contributed by atoms with E-state index in [1.165, 1.54) is 0 Å². The van der Waals surface area contributed by atoms with Crippen LogP contribution in [0.1, 0.15) is 24.0 Å². The average Bonchev–Trinajstić information content (AvgIpc) is 2.26. The monoisotopic (exact) mass is 186 g/mol. The minimum atomic E-state index is 0.248. The third-order valence-corrected chi connectivity index (χ3v) is 2.25. The molecule has 1 atom stereocenters. The second-order valence-electron chi connectivity index (χ2n) is 3.10. The Morgan fingerprint density at radius 3 is 2.79 bits per heavy atom. The second-order valence-corrected chi connectivity index (χ2v) is 3.10. The maximum atomic E-state index is 5.38. The molecule has 0 spiro atoms. The van der Waals surface area contributed by atoms with Gasteiger partial charge in [0.25, 0.3) is 0 Å².